The number of rotatable bonds is 4. The highest BCUT2D eigenvalue weighted by molar-refractivity contribution is 7.07. The third kappa shape index (κ3) is 3.65. The van der Waals surface area contributed by atoms with Crippen LogP contribution in [-0.4, -0.2) is 40.5 Å². The summed E-state index contributed by atoms with van der Waals surface area (Å²) in [6, 6.07) is 9.69. The lowest BCUT2D eigenvalue weighted by molar-refractivity contribution is 0.123. The molecule has 3 aliphatic heterocycles. The van der Waals surface area contributed by atoms with Crippen molar-refractivity contribution in [1.82, 2.24) is 14.8 Å². The van der Waals surface area contributed by atoms with Crippen LogP contribution in [0.15, 0.2) is 35.2 Å². The van der Waals surface area contributed by atoms with Gasteiger partial charge in [0.15, 0.2) is 0 Å². The van der Waals surface area contributed by atoms with E-state index in [-0.39, 0.29) is 0 Å². The molecular weight excluding hydrogens is 302 g/mol. The number of nitrogens with zero attached hydrogens (tertiary/aromatic N) is 3. The van der Waals surface area contributed by atoms with Crippen molar-refractivity contribution < 1.29 is 0 Å². The van der Waals surface area contributed by atoms with Crippen LogP contribution in [0.2, 0.25) is 0 Å². The summed E-state index contributed by atoms with van der Waals surface area (Å²) in [7, 11) is 0. The quantitative estimate of drug-likeness (QED) is 0.856. The van der Waals surface area contributed by atoms with E-state index >= 15 is 0 Å². The maximum Gasteiger partial charge on any atom is 0.0795 e. The molecule has 0 amide bonds. The Labute approximate surface area is 143 Å². The Morgan fingerprint density at radius 1 is 1.17 bits per heavy atom. The number of aryl methyl sites for hydroxylation is 1. The molecule has 2 aromatic rings. The zero-order valence-electron chi connectivity index (χ0n) is 13.8. The highest BCUT2D eigenvalue weighted by Crippen LogP contribution is 2.30. The fourth-order valence-corrected chi connectivity index (χ4v) is 4.74. The SMILES string of the molecule is Cc1cccc(CN2C[C@H]3CC[C@@H]2CN(Cc2cscn2)C3)c1. The third-order valence-corrected chi connectivity index (χ3v) is 5.88. The van der Waals surface area contributed by atoms with Crippen molar-refractivity contribution in [3.63, 3.8) is 0 Å². The standard InChI is InChI=1S/C19H25N3S/c1-15-3-2-4-16(7-15)9-22-10-17-5-6-19(22)12-21(8-17)11-18-13-23-14-20-18/h2-4,7,13-14,17,19H,5-6,8-12H2,1H3/t17-,19+/m0/s1. The van der Waals surface area contributed by atoms with Crippen LogP contribution in [-0.2, 0) is 13.1 Å². The Kier molecular flexibility index (Phi) is 4.47. The Hall–Kier alpha value is -1.23. The summed E-state index contributed by atoms with van der Waals surface area (Å²) in [5.74, 6) is 0.817. The molecule has 0 radical (unpaired) electrons. The summed E-state index contributed by atoms with van der Waals surface area (Å²) < 4.78 is 0. The molecule has 0 aliphatic carbocycles. The Morgan fingerprint density at radius 3 is 2.96 bits per heavy atom. The second-order valence-electron chi connectivity index (χ2n) is 7.19. The predicted octanol–water partition coefficient (Wildman–Crippen LogP) is 3.55. The van der Waals surface area contributed by atoms with E-state index in [1.165, 1.54) is 49.3 Å². The fraction of sp³-hybridized carbons (Fsp3) is 0.526. The van der Waals surface area contributed by atoms with Gasteiger partial charge in [0, 0.05) is 44.1 Å². The van der Waals surface area contributed by atoms with Gasteiger partial charge in [0.1, 0.15) is 0 Å². The molecule has 3 saturated heterocycles. The molecule has 4 heterocycles. The fourth-order valence-electron chi connectivity index (χ4n) is 4.19. The maximum absolute atomic E-state index is 4.47. The first-order valence-electron chi connectivity index (χ1n) is 8.65. The van der Waals surface area contributed by atoms with Crippen molar-refractivity contribution in [2.24, 2.45) is 5.92 Å². The van der Waals surface area contributed by atoms with Gasteiger partial charge in [-0.05, 0) is 31.2 Å². The van der Waals surface area contributed by atoms with Crippen molar-refractivity contribution in [3.8, 4) is 0 Å². The summed E-state index contributed by atoms with van der Waals surface area (Å²) in [5.41, 5.74) is 6.02. The van der Waals surface area contributed by atoms with Gasteiger partial charge < -0.3 is 0 Å². The van der Waals surface area contributed by atoms with Crippen LogP contribution in [0.3, 0.4) is 0 Å². The number of benzene rings is 1. The molecule has 3 fully saturated rings. The van der Waals surface area contributed by atoms with Crippen molar-refractivity contribution in [1.29, 1.82) is 0 Å². The van der Waals surface area contributed by atoms with Gasteiger partial charge in [0.2, 0.25) is 0 Å². The molecule has 4 heteroatoms. The lowest BCUT2D eigenvalue weighted by atomic mass is 9.94. The number of fused-ring (bicyclic) bond motifs is 4. The van der Waals surface area contributed by atoms with Gasteiger partial charge in [0.25, 0.3) is 0 Å². The van der Waals surface area contributed by atoms with Gasteiger partial charge in [-0.25, -0.2) is 4.98 Å². The van der Waals surface area contributed by atoms with E-state index in [2.05, 4.69) is 51.4 Å². The summed E-state index contributed by atoms with van der Waals surface area (Å²) in [5, 5.41) is 2.19. The van der Waals surface area contributed by atoms with Crippen molar-refractivity contribution >= 4 is 11.3 Å². The molecule has 2 atom stereocenters. The average Bonchev–Trinajstić information content (AvgIpc) is 2.88. The number of thiazole rings is 1. The van der Waals surface area contributed by atoms with Gasteiger partial charge in [0.05, 0.1) is 11.2 Å². The molecule has 1 aromatic carbocycles. The minimum Gasteiger partial charge on any atom is -0.296 e. The molecule has 0 spiro atoms. The zero-order valence-corrected chi connectivity index (χ0v) is 14.6. The second kappa shape index (κ2) is 6.71. The van der Waals surface area contributed by atoms with Crippen LogP contribution in [0.1, 0.15) is 29.7 Å². The van der Waals surface area contributed by atoms with Crippen LogP contribution in [0, 0.1) is 12.8 Å². The molecule has 3 nitrogen and oxygen atoms in total. The van der Waals surface area contributed by atoms with Crippen LogP contribution >= 0.6 is 11.3 Å². The normalized spacial score (nSPS) is 25.6. The highest BCUT2D eigenvalue weighted by atomic mass is 32.1. The first-order chi connectivity index (χ1) is 11.3. The van der Waals surface area contributed by atoms with Crippen LogP contribution < -0.4 is 0 Å². The zero-order chi connectivity index (χ0) is 15.6. The molecule has 0 saturated carbocycles. The Morgan fingerprint density at radius 2 is 2.13 bits per heavy atom. The van der Waals surface area contributed by atoms with Gasteiger partial charge >= 0.3 is 0 Å². The van der Waals surface area contributed by atoms with E-state index in [1.807, 2.05) is 5.51 Å². The predicted molar refractivity (Wildman–Crippen MR) is 95.5 cm³/mol. The lowest BCUT2D eigenvalue weighted by Gasteiger charge is -2.36. The topological polar surface area (TPSA) is 19.4 Å². The monoisotopic (exact) mass is 327 g/mol. The summed E-state index contributed by atoms with van der Waals surface area (Å²) in [4.78, 5) is 9.83. The summed E-state index contributed by atoms with van der Waals surface area (Å²) in [6.07, 6.45) is 2.74. The van der Waals surface area contributed by atoms with E-state index in [0.717, 1.165) is 19.0 Å². The van der Waals surface area contributed by atoms with E-state index < -0.39 is 0 Å². The summed E-state index contributed by atoms with van der Waals surface area (Å²) in [6.45, 7) is 8.00. The molecule has 23 heavy (non-hydrogen) atoms. The first kappa shape index (κ1) is 15.3. The molecule has 3 aliphatic rings. The molecule has 2 bridgehead atoms. The van der Waals surface area contributed by atoms with E-state index in [4.69, 9.17) is 0 Å². The molecule has 1 aromatic heterocycles. The number of piperidine rings is 1. The van der Waals surface area contributed by atoms with Crippen molar-refractivity contribution in [3.05, 3.63) is 52.0 Å². The Bertz CT molecular complexity index is 640. The Balaban J connectivity index is 1.45. The molecule has 0 unspecified atom stereocenters. The minimum absolute atomic E-state index is 0.702. The van der Waals surface area contributed by atoms with E-state index in [0.29, 0.717) is 6.04 Å². The van der Waals surface area contributed by atoms with Gasteiger partial charge in [-0.3, -0.25) is 9.80 Å². The smallest absolute Gasteiger partial charge is 0.0795 e. The van der Waals surface area contributed by atoms with Gasteiger partial charge in [-0.2, -0.15) is 0 Å². The number of hydrogen-bond acceptors (Lipinski definition) is 4. The minimum atomic E-state index is 0.702. The highest BCUT2D eigenvalue weighted by Gasteiger charge is 2.34. The van der Waals surface area contributed by atoms with Gasteiger partial charge in [-0.15, -0.1) is 11.3 Å². The molecule has 5 rings (SSSR count). The molecule has 122 valence electrons. The van der Waals surface area contributed by atoms with Crippen molar-refractivity contribution in [2.45, 2.75) is 38.9 Å². The van der Waals surface area contributed by atoms with E-state index in [9.17, 15) is 0 Å². The van der Waals surface area contributed by atoms with Crippen LogP contribution in [0.4, 0.5) is 0 Å². The maximum atomic E-state index is 4.47. The largest absolute Gasteiger partial charge is 0.296 e. The number of hydrogen-bond donors (Lipinski definition) is 0. The van der Waals surface area contributed by atoms with Crippen molar-refractivity contribution in [2.75, 3.05) is 19.6 Å². The van der Waals surface area contributed by atoms with Crippen LogP contribution in [0.25, 0.3) is 0 Å². The second-order valence-corrected chi connectivity index (χ2v) is 7.91. The lowest BCUT2D eigenvalue weighted by Crippen LogP contribution is -2.43. The number of aromatic nitrogens is 1. The van der Waals surface area contributed by atoms with E-state index in [1.54, 1.807) is 11.3 Å². The molecular formula is C19H25N3S. The summed E-state index contributed by atoms with van der Waals surface area (Å²) >= 11 is 1.71. The molecule has 0 N–H and O–H groups in total. The van der Waals surface area contributed by atoms with Crippen LogP contribution in [0.5, 0.6) is 0 Å². The third-order valence-electron chi connectivity index (χ3n) is 5.24. The first-order valence-corrected chi connectivity index (χ1v) is 9.59. The van der Waals surface area contributed by atoms with Gasteiger partial charge in [-0.1, -0.05) is 29.8 Å². The average molecular weight is 327 g/mol.